The summed E-state index contributed by atoms with van der Waals surface area (Å²) >= 11 is 1.26. The predicted octanol–water partition coefficient (Wildman–Crippen LogP) is 5.15. The standard InChI is InChI=1S/C24H25NO5S/c1-14-6-7-15(2)22(16(14)3)30-12-20(26)25-23-21(24(27)29-5)19(13-31-23)17-8-10-18(28-4)11-9-17/h6-11,13H,12H2,1-5H3,(H,25,26). The molecule has 0 radical (unpaired) electrons. The summed E-state index contributed by atoms with van der Waals surface area (Å²) in [6.07, 6.45) is 0. The summed E-state index contributed by atoms with van der Waals surface area (Å²) in [5.41, 5.74) is 4.87. The lowest BCUT2D eigenvalue weighted by Gasteiger charge is -2.14. The zero-order valence-corrected chi connectivity index (χ0v) is 19.0. The van der Waals surface area contributed by atoms with Crippen LogP contribution < -0.4 is 14.8 Å². The topological polar surface area (TPSA) is 73.9 Å². The Labute approximate surface area is 185 Å². The van der Waals surface area contributed by atoms with Gasteiger partial charge in [-0.25, -0.2) is 4.79 Å². The molecule has 2 aromatic carbocycles. The highest BCUT2D eigenvalue weighted by atomic mass is 32.1. The smallest absolute Gasteiger partial charge is 0.341 e. The third-order valence-electron chi connectivity index (χ3n) is 5.06. The Bertz CT molecular complexity index is 1100. The molecule has 0 saturated heterocycles. The van der Waals surface area contributed by atoms with Crippen molar-refractivity contribution in [1.29, 1.82) is 0 Å². The number of thiophene rings is 1. The first kappa shape index (κ1) is 22.4. The van der Waals surface area contributed by atoms with Gasteiger partial charge in [0.05, 0.1) is 14.2 Å². The molecule has 0 aliphatic carbocycles. The van der Waals surface area contributed by atoms with Crippen LogP contribution in [0.5, 0.6) is 11.5 Å². The van der Waals surface area contributed by atoms with Gasteiger partial charge in [-0.2, -0.15) is 0 Å². The Morgan fingerprint density at radius 3 is 2.29 bits per heavy atom. The first-order chi connectivity index (χ1) is 14.8. The van der Waals surface area contributed by atoms with Gasteiger partial charge in [-0.3, -0.25) is 4.79 Å². The lowest BCUT2D eigenvalue weighted by Crippen LogP contribution is -2.21. The van der Waals surface area contributed by atoms with Crippen LogP contribution >= 0.6 is 11.3 Å². The number of aryl methyl sites for hydroxylation is 2. The second-order valence-corrected chi connectivity index (χ2v) is 7.94. The van der Waals surface area contributed by atoms with Crippen molar-refractivity contribution in [3.63, 3.8) is 0 Å². The maximum Gasteiger partial charge on any atom is 0.341 e. The minimum absolute atomic E-state index is 0.165. The van der Waals surface area contributed by atoms with E-state index in [0.717, 1.165) is 22.3 Å². The lowest BCUT2D eigenvalue weighted by molar-refractivity contribution is -0.118. The SMILES string of the molecule is COC(=O)c1c(-c2ccc(OC)cc2)csc1NC(=O)COc1c(C)ccc(C)c1C. The van der Waals surface area contributed by atoms with Crippen LogP contribution in [-0.4, -0.2) is 32.7 Å². The number of benzene rings is 2. The van der Waals surface area contributed by atoms with Gasteiger partial charge in [-0.15, -0.1) is 11.3 Å². The van der Waals surface area contributed by atoms with E-state index in [9.17, 15) is 9.59 Å². The van der Waals surface area contributed by atoms with Gasteiger partial charge < -0.3 is 19.5 Å². The van der Waals surface area contributed by atoms with Crippen LogP contribution in [0.4, 0.5) is 5.00 Å². The summed E-state index contributed by atoms with van der Waals surface area (Å²) in [5.74, 6) is 0.543. The van der Waals surface area contributed by atoms with Gasteiger partial charge >= 0.3 is 5.97 Å². The third-order valence-corrected chi connectivity index (χ3v) is 5.95. The van der Waals surface area contributed by atoms with E-state index < -0.39 is 5.97 Å². The van der Waals surface area contributed by atoms with E-state index >= 15 is 0 Å². The molecule has 31 heavy (non-hydrogen) atoms. The quantitative estimate of drug-likeness (QED) is 0.515. The molecule has 162 valence electrons. The molecule has 0 atom stereocenters. The maximum absolute atomic E-state index is 12.6. The van der Waals surface area contributed by atoms with Crippen molar-refractivity contribution in [3.8, 4) is 22.6 Å². The number of ether oxygens (including phenoxy) is 3. The predicted molar refractivity (Wildman–Crippen MR) is 122 cm³/mol. The Morgan fingerprint density at radius 1 is 0.968 bits per heavy atom. The number of hydrogen-bond acceptors (Lipinski definition) is 6. The summed E-state index contributed by atoms with van der Waals surface area (Å²) in [7, 11) is 2.91. The lowest BCUT2D eigenvalue weighted by atomic mass is 10.0. The molecule has 1 aromatic heterocycles. The van der Waals surface area contributed by atoms with Crippen LogP contribution in [0.1, 0.15) is 27.0 Å². The zero-order chi connectivity index (χ0) is 22.5. The fraction of sp³-hybridized carbons (Fsp3) is 0.250. The van der Waals surface area contributed by atoms with Crippen molar-refractivity contribution in [1.82, 2.24) is 0 Å². The van der Waals surface area contributed by atoms with Crippen molar-refractivity contribution < 1.29 is 23.8 Å². The van der Waals surface area contributed by atoms with Gasteiger partial charge in [-0.05, 0) is 55.2 Å². The summed E-state index contributed by atoms with van der Waals surface area (Å²) in [5, 5.41) is 5.03. The fourth-order valence-corrected chi connectivity index (χ4v) is 4.16. The molecule has 3 aromatic rings. The molecule has 0 unspecified atom stereocenters. The van der Waals surface area contributed by atoms with E-state index in [1.165, 1.54) is 18.4 Å². The van der Waals surface area contributed by atoms with Crippen LogP contribution in [0.25, 0.3) is 11.1 Å². The molecule has 6 nitrogen and oxygen atoms in total. The van der Waals surface area contributed by atoms with Crippen LogP contribution in [-0.2, 0) is 9.53 Å². The van der Waals surface area contributed by atoms with Crippen LogP contribution in [0, 0.1) is 20.8 Å². The van der Waals surface area contributed by atoms with Gasteiger partial charge in [0.1, 0.15) is 22.1 Å². The largest absolute Gasteiger partial charge is 0.497 e. The molecular formula is C24H25NO5S. The van der Waals surface area contributed by atoms with E-state index in [0.29, 0.717) is 27.6 Å². The highest BCUT2D eigenvalue weighted by Gasteiger charge is 2.22. The maximum atomic E-state index is 12.6. The summed E-state index contributed by atoms with van der Waals surface area (Å²) in [6.45, 7) is 5.74. The summed E-state index contributed by atoms with van der Waals surface area (Å²) in [6, 6.07) is 11.3. The second-order valence-electron chi connectivity index (χ2n) is 7.06. The van der Waals surface area contributed by atoms with Crippen LogP contribution in [0.2, 0.25) is 0 Å². The number of amides is 1. The number of carbonyl (C=O) groups excluding carboxylic acids is 2. The van der Waals surface area contributed by atoms with Crippen molar-refractivity contribution in [2.45, 2.75) is 20.8 Å². The molecule has 7 heteroatoms. The number of anilines is 1. The van der Waals surface area contributed by atoms with Crippen LogP contribution in [0.15, 0.2) is 41.8 Å². The van der Waals surface area contributed by atoms with Gasteiger partial charge in [0.2, 0.25) is 0 Å². The molecular weight excluding hydrogens is 414 g/mol. The average Bonchev–Trinajstić information content (AvgIpc) is 3.19. The Hall–Kier alpha value is -3.32. The van der Waals surface area contributed by atoms with Crippen molar-refractivity contribution in [2.75, 3.05) is 26.1 Å². The summed E-state index contributed by atoms with van der Waals surface area (Å²) in [4.78, 5) is 25.1. The van der Waals surface area contributed by atoms with Crippen molar-refractivity contribution >= 4 is 28.2 Å². The number of esters is 1. The zero-order valence-electron chi connectivity index (χ0n) is 18.2. The Balaban J connectivity index is 1.81. The molecule has 0 aliphatic rings. The second kappa shape index (κ2) is 9.66. The molecule has 0 aliphatic heterocycles. The van der Waals surface area contributed by atoms with E-state index in [1.54, 1.807) is 7.11 Å². The van der Waals surface area contributed by atoms with Crippen molar-refractivity contribution in [3.05, 3.63) is 64.0 Å². The monoisotopic (exact) mass is 439 g/mol. The fourth-order valence-electron chi connectivity index (χ4n) is 3.19. The number of carbonyl (C=O) groups is 2. The molecule has 0 spiro atoms. The van der Waals surface area contributed by atoms with Gasteiger partial charge in [0, 0.05) is 10.9 Å². The van der Waals surface area contributed by atoms with E-state index in [1.807, 2.05) is 62.5 Å². The molecule has 0 fully saturated rings. The molecule has 1 amide bonds. The van der Waals surface area contributed by atoms with Crippen LogP contribution in [0.3, 0.4) is 0 Å². The van der Waals surface area contributed by atoms with Gasteiger partial charge in [0.25, 0.3) is 5.91 Å². The number of hydrogen-bond donors (Lipinski definition) is 1. The Kier molecular flexibility index (Phi) is 6.97. The molecule has 1 N–H and O–H groups in total. The normalized spacial score (nSPS) is 10.5. The molecule has 3 rings (SSSR count). The van der Waals surface area contributed by atoms with E-state index in [4.69, 9.17) is 14.2 Å². The minimum atomic E-state index is -0.520. The first-order valence-corrected chi connectivity index (χ1v) is 10.6. The first-order valence-electron chi connectivity index (χ1n) is 9.69. The van der Waals surface area contributed by atoms with Crippen molar-refractivity contribution in [2.24, 2.45) is 0 Å². The summed E-state index contributed by atoms with van der Waals surface area (Å²) < 4.78 is 15.9. The average molecular weight is 440 g/mol. The number of methoxy groups -OCH3 is 2. The Morgan fingerprint density at radius 2 is 1.65 bits per heavy atom. The highest BCUT2D eigenvalue weighted by Crippen LogP contribution is 2.37. The molecule has 0 bridgehead atoms. The van der Waals surface area contributed by atoms with Gasteiger partial charge in [0.15, 0.2) is 6.61 Å². The van der Waals surface area contributed by atoms with E-state index in [2.05, 4.69) is 5.32 Å². The highest BCUT2D eigenvalue weighted by molar-refractivity contribution is 7.15. The van der Waals surface area contributed by atoms with E-state index in [-0.39, 0.29) is 12.5 Å². The number of rotatable bonds is 7. The molecule has 0 saturated carbocycles. The molecule has 1 heterocycles. The minimum Gasteiger partial charge on any atom is -0.497 e. The number of nitrogens with one attached hydrogen (secondary N) is 1. The van der Waals surface area contributed by atoms with Gasteiger partial charge in [-0.1, -0.05) is 24.3 Å². The third kappa shape index (κ3) is 4.88.